The summed E-state index contributed by atoms with van der Waals surface area (Å²) in [5.74, 6) is -6.00. The average Bonchev–Trinajstić information content (AvgIpc) is 3.10. The molecule has 4 aliphatic rings. The van der Waals surface area contributed by atoms with Gasteiger partial charge in [-0.05, 0) is 0 Å². The first-order valence-electron chi connectivity index (χ1n) is 16.7. The fraction of sp³-hybridized carbons (Fsp3) is 0.833. The molecule has 24 nitrogen and oxygen atoms in total. The number of carboxylic acid groups (broad SMARTS) is 2. The molecule has 0 aromatic heterocycles. The van der Waals surface area contributed by atoms with Crippen LogP contribution in [0.25, 0.3) is 0 Å². The Morgan fingerprint density at radius 1 is 0.574 bits per heavy atom. The second-order valence-electron chi connectivity index (χ2n) is 13.2. The molecule has 12 N–H and O–H groups in total. The van der Waals surface area contributed by atoms with Crippen LogP contribution in [0.1, 0.15) is 20.8 Å². The first kappa shape index (κ1) is 43.8. The molecule has 308 valence electrons. The van der Waals surface area contributed by atoms with E-state index >= 15 is 0 Å². The molecule has 2 amide bonds. The maximum absolute atomic E-state index is 12.5. The second-order valence-corrected chi connectivity index (χ2v) is 13.2. The van der Waals surface area contributed by atoms with E-state index in [0.29, 0.717) is 0 Å². The van der Waals surface area contributed by atoms with Gasteiger partial charge in [0.1, 0.15) is 73.1 Å². The molecule has 4 aliphatic heterocycles. The lowest BCUT2D eigenvalue weighted by Crippen LogP contribution is -2.70. The maximum Gasteiger partial charge on any atom is 0.335 e. The molecule has 0 aromatic carbocycles. The lowest BCUT2D eigenvalue weighted by Gasteiger charge is -2.49. The van der Waals surface area contributed by atoms with Gasteiger partial charge >= 0.3 is 11.9 Å². The fourth-order valence-electron chi connectivity index (χ4n) is 6.65. The molecule has 0 spiro atoms. The Kier molecular flexibility index (Phi) is 14.9. The van der Waals surface area contributed by atoms with Crippen molar-refractivity contribution >= 4 is 23.8 Å². The van der Waals surface area contributed by atoms with Crippen molar-refractivity contribution in [1.29, 1.82) is 0 Å². The number of carboxylic acids is 2. The Bertz CT molecular complexity index is 1310. The predicted octanol–water partition coefficient (Wildman–Crippen LogP) is -7.19. The van der Waals surface area contributed by atoms with Gasteiger partial charge in [0.15, 0.2) is 31.1 Å². The molecule has 20 atom stereocenters. The molecule has 4 heterocycles. The summed E-state index contributed by atoms with van der Waals surface area (Å²) in [6.45, 7) is 1.61. The van der Waals surface area contributed by atoms with Gasteiger partial charge in [-0.1, -0.05) is 6.92 Å². The third-order valence-corrected chi connectivity index (χ3v) is 9.44. The van der Waals surface area contributed by atoms with Gasteiger partial charge in [-0.25, -0.2) is 9.59 Å². The highest BCUT2D eigenvalue weighted by Crippen LogP contribution is 2.35. The van der Waals surface area contributed by atoms with Crippen LogP contribution in [0.3, 0.4) is 0 Å². The van der Waals surface area contributed by atoms with Gasteiger partial charge in [-0.15, -0.1) is 0 Å². The van der Waals surface area contributed by atoms with Gasteiger partial charge in [0.05, 0.1) is 19.3 Å². The van der Waals surface area contributed by atoms with Crippen molar-refractivity contribution in [1.82, 2.24) is 10.6 Å². The summed E-state index contributed by atoms with van der Waals surface area (Å²) < 4.78 is 44.0. The van der Waals surface area contributed by atoms with Crippen LogP contribution in [0.2, 0.25) is 0 Å². The minimum atomic E-state index is -2.26. The van der Waals surface area contributed by atoms with Crippen molar-refractivity contribution in [2.24, 2.45) is 5.92 Å². The first-order valence-corrected chi connectivity index (χ1v) is 16.7. The van der Waals surface area contributed by atoms with Gasteiger partial charge in [0, 0.05) is 19.8 Å². The fourth-order valence-corrected chi connectivity index (χ4v) is 6.65. The van der Waals surface area contributed by atoms with Gasteiger partial charge < -0.3 is 94.9 Å². The lowest BCUT2D eigenvalue weighted by molar-refractivity contribution is -0.367. The summed E-state index contributed by atoms with van der Waals surface area (Å²) in [6.07, 6.45) is -31.9. The van der Waals surface area contributed by atoms with Crippen LogP contribution >= 0.6 is 0 Å². The molecular weight excluding hydrogens is 740 g/mol. The van der Waals surface area contributed by atoms with E-state index in [1.54, 1.807) is 0 Å². The van der Waals surface area contributed by atoms with Crippen LogP contribution in [0.15, 0.2) is 0 Å². The molecular formula is C30H47N2O22+. The number of aliphatic hydroxyl groups excluding tert-OH is 8. The molecule has 0 radical (unpaired) electrons. The zero-order chi connectivity index (χ0) is 40.3. The van der Waals surface area contributed by atoms with Crippen molar-refractivity contribution in [3.8, 4) is 0 Å². The number of ether oxygens (including phenoxy) is 8. The summed E-state index contributed by atoms with van der Waals surface area (Å²) in [7, 11) is 3.23. The largest absolute Gasteiger partial charge is 0.479 e. The van der Waals surface area contributed by atoms with Crippen LogP contribution < -0.4 is 10.6 Å². The molecule has 4 saturated heterocycles. The molecule has 19 unspecified atom stereocenters. The van der Waals surface area contributed by atoms with Crippen molar-refractivity contribution in [2.75, 3.05) is 13.2 Å². The van der Waals surface area contributed by atoms with Crippen LogP contribution in [0.5, 0.6) is 0 Å². The van der Waals surface area contributed by atoms with Gasteiger partial charge in [-0.2, -0.15) is 4.74 Å². The second kappa shape index (κ2) is 18.4. The number of hydrogen-bond donors (Lipinski definition) is 12. The van der Waals surface area contributed by atoms with Gasteiger partial charge in [-0.3, -0.25) is 9.59 Å². The average molecular weight is 788 g/mol. The van der Waals surface area contributed by atoms with E-state index in [1.807, 2.05) is 0 Å². The zero-order valence-electron chi connectivity index (χ0n) is 29.0. The molecule has 0 bridgehead atoms. The number of carbonyl (C=O) groups excluding carboxylic acids is 2. The maximum atomic E-state index is 12.5. The number of carbonyl (C=O) groups is 4. The molecule has 4 fully saturated rings. The molecule has 54 heavy (non-hydrogen) atoms. The molecule has 0 aromatic rings. The SMILES string of the molecule is [CH2+]OC1OC(CO)C(O)C(OC2OC(C(=O)O)C(OC3OC(CO)C(O)C(OC4OC(C(=O)O)[C@@H](C)C(O)C4O)C3NC(C)=O)C(O)C2O)C1NC(C)=O. The van der Waals surface area contributed by atoms with Crippen LogP contribution in [0.4, 0.5) is 0 Å². The smallest absolute Gasteiger partial charge is 0.335 e. The normalized spacial score (nSPS) is 45.6. The van der Waals surface area contributed by atoms with Crippen LogP contribution in [-0.2, 0) is 57.1 Å². The number of hydrogen-bond acceptors (Lipinski definition) is 20. The highest BCUT2D eigenvalue weighted by atomic mass is 16.8. The molecule has 4 rings (SSSR count). The van der Waals surface area contributed by atoms with Crippen LogP contribution in [0, 0.1) is 13.0 Å². The summed E-state index contributed by atoms with van der Waals surface area (Å²) in [6, 6.07) is -3.12. The minimum absolute atomic E-state index is 0.678. The highest BCUT2D eigenvalue weighted by Gasteiger charge is 2.57. The lowest BCUT2D eigenvalue weighted by atomic mass is 9.90. The standard InChI is InChI=1S/C30H46N2O22/c1-7-14(37)18(41)29(50-20(7)25(43)44)52-22-13(32-9(3)36)28(49-11(6-34)16(22)39)53-23-17(40)19(42)30(54-24(23)26(45)46)51-21-12(31-8(2)35)27(47-4)48-10(5-33)15(21)38/h7,10-24,27-30,33-34,37-42H,4-6H2,1-3H3,(H3-,31,32,35,36,43,44,45,46)/p+1/t7-,10?,11?,12?,13?,14?,15?,16?,17?,18?,19?,20?,21?,22?,23?,24?,27?,28?,29?,30?/m0/s1. The van der Waals surface area contributed by atoms with Crippen molar-refractivity contribution < 1.29 is 108 Å². The monoisotopic (exact) mass is 787 g/mol. The number of nitrogens with one attached hydrogen (secondary N) is 2. The number of amides is 2. The van der Waals surface area contributed by atoms with E-state index < -0.39 is 159 Å². The quantitative estimate of drug-likeness (QED) is 0.0771. The summed E-state index contributed by atoms with van der Waals surface area (Å²) in [4.78, 5) is 48.6. The van der Waals surface area contributed by atoms with E-state index in [1.165, 1.54) is 6.92 Å². The zero-order valence-corrected chi connectivity index (χ0v) is 29.0. The number of aliphatic hydroxyl groups is 8. The topological polar surface area (TPSA) is 368 Å². The number of aliphatic carboxylic acids is 2. The third-order valence-electron chi connectivity index (χ3n) is 9.44. The van der Waals surface area contributed by atoms with E-state index in [4.69, 9.17) is 37.9 Å². The Hall–Kier alpha value is -2.89. The highest BCUT2D eigenvalue weighted by molar-refractivity contribution is 5.74. The Morgan fingerprint density at radius 2 is 0.981 bits per heavy atom. The molecule has 0 aliphatic carbocycles. The van der Waals surface area contributed by atoms with E-state index in [2.05, 4.69) is 17.7 Å². The molecule has 24 heteroatoms. The van der Waals surface area contributed by atoms with E-state index in [9.17, 15) is 70.2 Å². The van der Waals surface area contributed by atoms with Crippen LogP contribution in [-0.4, -0.2) is 205 Å². The number of rotatable bonds is 13. The Balaban J connectivity index is 1.62. The Morgan fingerprint density at radius 3 is 1.41 bits per heavy atom. The predicted molar refractivity (Wildman–Crippen MR) is 166 cm³/mol. The van der Waals surface area contributed by atoms with Crippen molar-refractivity contribution in [3.63, 3.8) is 0 Å². The minimum Gasteiger partial charge on any atom is -0.479 e. The Labute approximate surface area is 306 Å². The van der Waals surface area contributed by atoms with Gasteiger partial charge in [0.25, 0.3) is 0 Å². The molecule has 0 saturated carbocycles. The first-order chi connectivity index (χ1) is 25.4. The third kappa shape index (κ3) is 9.21. The van der Waals surface area contributed by atoms with E-state index in [-0.39, 0.29) is 0 Å². The van der Waals surface area contributed by atoms with E-state index in [0.717, 1.165) is 13.8 Å². The summed E-state index contributed by atoms with van der Waals surface area (Å²) >= 11 is 0. The summed E-state index contributed by atoms with van der Waals surface area (Å²) in [5, 5.41) is 110. The summed E-state index contributed by atoms with van der Waals surface area (Å²) in [5.41, 5.74) is 0. The van der Waals surface area contributed by atoms with Crippen molar-refractivity contribution in [2.45, 2.75) is 137 Å². The van der Waals surface area contributed by atoms with Crippen molar-refractivity contribution in [3.05, 3.63) is 7.11 Å². The van der Waals surface area contributed by atoms with Gasteiger partial charge in [0.2, 0.25) is 25.2 Å².